The van der Waals surface area contributed by atoms with Gasteiger partial charge in [-0.05, 0) is 30.4 Å². The van der Waals surface area contributed by atoms with Crippen molar-refractivity contribution in [3.8, 4) is 11.8 Å². The van der Waals surface area contributed by atoms with Gasteiger partial charge in [-0.3, -0.25) is 9.59 Å². The molecule has 5 heteroatoms. The predicted molar refractivity (Wildman–Crippen MR) is 80.7 cm³/mol. The van der Waals surface area contributed by atoms with Gasteiger partial charge in [0, 0.05) is 18.1 Å². The normalized spacial score (nSPS) is 11.5. The van der Waals surface area contributed by atoms with Crippen LogP contribution in [0.1, 0.15) is 6.92 Å². The summed E-state index contributed by atoms with van der Waals surface area (Å²) in [5.74, 6) is 4.35. The third kappa shape index (κ3) is 3.71. The van der Waals surface area contributed by atoms with Crippen LogP contribution in [-0.4, -0.2) is 28.2 Å². The number of hydrogen-bond acceptors (Lipinski definition) is 3. The Kier molecular flexibility index (Phi) is 4.75. The molecule has 0 saturated heterocycles. The number of benzene rings is 1. The zero-order chi connectivity index (χ0) is 15.2. The number of aromatic nitrogens is 1. The van der Waals surface area contributed by atoms with Crippen LogP contribution in [0.25, 0.3) is 10.8 Å². The van der Waals surface area contributed by atoms with Crippen molar-refractivity contribution in [2.24, 2.45) is 0 Å². The van der Waals surface area contributed by atoms with Gasteiger partial charge in [0.1, 0.15) is 0 Å². The highest BCUT2D eigenvalue weighted by Gasteiger charge is 2.09. The van der Waals surface area contributed by atoms with Crippen LogP contribution in [0.2, 0.25) is 0 Å². The van der Waals surface area contributed by atoms with Crippen molar-refractivity contribution in [3.63, 3.8) is 0 Å². The number of amides is 1. The topological polar surface area (TPSA) is 71.3 Å². The molecular weight excluding hydrogens is 268 g/mol. The van der Waals surface area contributed by atoms with E-state index < -0.39 is 12.0 Å². The number of nitrogens with one attached hydrogen (secondary N) is 1. The summed E-state index contributed by atoms with van der Waals surface area (Å²) >= 11 is 0. The molecule has 108 valence electrons. The summed E-state index contributed by atoms with van der Waals surface area (Å²) in [6.07, 6.45) is 0.785. The molecule has 1 unspecified atom stereocenters. The van der Waals surface area contributed by atoms with E-state index in [1.165, 1.54) is 4.57 Å². The van der Waals surface area contributed by atoms with Crippen molar-refractivity contribution < 1.29 is 9.90 Å². The van der Waals surface area contributed by atoms with Gasteiger partial charge in [0.2, 0.25) is 0 Å². The molecule has 2 aromatic rings. The highest BCUT2D eigenvalue weighted by molar-refractivity contribution is 5.93. The summed E-state index contributed by atoms with van der Waals surface area (Å²) in [6, 6.07) is 9.10. The van der Waals surface area contributed by atoms with Crippen LogP contribution in [-0.2, 0) is 11.3 Å². The van der Waals surface area contributed by atoms with Crippen LogP contribution in [0.4, 0.5) is 0 Å². The van der Waals surface area contributed by atoms with Gasteiger partial charge < -0.3 is 15.0 Å². The van der Waals surface area contributed by atoms with E-state index >= 15 is 0 Å². The van der Waals surface area contributed by atoms with E-state index in [1.807, 2.05) is 18.2 Å². The quantitative estimate of drug-likeness (QED) is 0.803. The SMILES string of the molecule is CC#CC(=O)NCC(O)Cn1ccc2ccccc2c1=O. The lowest BCUT2D eigenvalue weighted by atomic mass is 10.2. The highest BCUT2D eigenvalue weighted by Crippen LogP contribution is 2.08. The molecule has 5 nitrogen and oxygen atoms in total. The maximum atomic E-state index is 12.2. The fourth-order valence-electron chi connectivity index (χ4n) is 2.03. The minimum absolute atomic E-state index is 0.0484. The van der Waals surface area contributed by atoms with Crippen molar-refractivity contribution in [2.75, 3.05) is 6.54 Å². The lowest BCUT2D eigenvalue weighted by Crippen LogP contribution is -2.36. The van der Waals surface area contributed by atoms with Crippen molar-refractivity contribution in [2.45, 2.75) is 19.6 Å². The molecule has 1 aromatic heterocycles. The number of carbonyl (C=O) groups excluding carboxylic acids is 1. The molecule has 0 aliphatic rings. The van der Waals surface area contributed by atoms with Gasteiger partial charge in [0.25, 0.3) is 11.5 Å². The van der Waals surface area contributed by atoms with E-state index in [0.717, 1.165) is 5.39 Å². The number of aliphatic hydroxyl groups is 1. The standard InChI is InChI=1S/C16H16N2O3/c1-2-5-15(20)17-10-13(19)11-18-9-8-12-6-3-4-7-14(12)16(18)21/h3-4,6-9,13,19H,10-11H2,1H3,(H,17,20). The molecule has 0 radical (unpaired) electrons. The Morgan fingerprint density at radius 1 is 1.38 bits per heavy atom. The van der Waals surface area contributed by atoms with E-state index in [1.54, 1.807) is 25.3 Å². The average molecular weight is 284 g/mol. The Balaban J connectivity index is 2.09. The lowest BCUT2D eigenvalue weighted by Gasteiger charge is -2.13. The molecule has 0 aliphatic carbocycles. The number of carbonyl (C=O) groups is 1. The molecule has 0 spiro atoms. The van der Waals surface area contributed by atoms with Crippen molar-refractivity contribution in [1.82, 2.24) is 9.88 Å². The second-order valence-corrected chi connectivity index (χ2v) is 4.60. The third-order valence-electron chi connectivity index (χ3n) is 3.03. The molecule has 0 bridgehead atoms. The van der Waals surface area contributed by atoms with Crippen LogP contribution in [0, 0.1) is 11.8 Å². The van der Waals surface area contributed by atoms with Gasteiger partial charge in [-0.2, -0.15) is 0 Å². The van der Waals surface area contributed by atoms with Crippen molar-refractivity contribution in [3.05, 3.63) is 46.9 Å². The summed E-state index contributed by atoms with van der Waals surface area (Å²) in [6.45, 7) is 1.72. The largest absolute Gasteiger partial charge is 0.389 e. The average Bonchev–Trinajstić information content (AvgIpc) is 2.49. The van der Waals surface area contributed by atoms with Crippen molar-refractivity contribution in [1.29, 1.82) is 0 Å². The summed E-state index contributed by atoms with van der Waals surface area (Å²) < 4.78 is 1.44. The maximum Gasteiger partial charge on any atom is 0.295 e. The number of hydrogen-bond donors (Lipinski definition) is 2. The van der Waals surface area contributed by atoms with Crippen LogP contribution >= 0.6 is 0 Å². The Bertz CT molecular complexity index is 768. The van der Waals surface area contributed by atoms with Gasteiger partial charge in [0.05, 0.1) is 12.6 Å². The number of nitrogens with zero attached hydrogens (tertiary/aromatic N) is 1. The minimum atomic E-state index is -0.855. The fourth-order valence-corrected chi connectivity index (χ4v) is 2.03. The Morgan fingerprint density at radius 2 is 2.14 bits per heavy atom. The van der Waals surface area contributed by atoms with E-state index in [2.05, 4.69) is 17.2 Å². The molecule has 1 atom stereocenters. The first-order valence-electron chi connectivity index (χ1n) is 6.58. The van der Waals surface area contributed by atoms with Crippen molar-refractivity contribution >= 4 is 16.7 Å². The van der Waals surface area contributed by atoms with E-state index in [-0.39, 0.29) is 18.6 Å². The van der Waals surface area contributed by atoms with Crippen LogP contribution in [0.3, 0.4) is 0 Å². The third-order valence-corrected chi connectivity index (χ3v) is 3.03. The summed E-state index contributed by atoms with van der Waals surface area (Å²) in [4.78, 5) is 23.4. The molecule has 1 amide bonds. The molecule has 1 aromatic carbocycles. The van der Waals surface area contributed by atoms with Gasteiger partial charge >= 0.3 is 0 Å². The summed E-state index contributed by atoms with van der Waals surface area (Å²) in [5, 5.41) is 13.8. The van der Waals surface area contributed by atoms with Crippen LogP contribution < -0.4 is 10.9 Å². The highest BCUT2D eigenvalue weighted by atomic mass is 16.3. The van der Waals surface area contributed by atoms with Gasteiger partial charge in [-0.15, -0.1) is 0 Å². The van der Waals surface area contributed by atoms with E-state index in [0.29, 0.717) is 5.39 Å². The second kappa shape index (κ2) is 6.73. The minimum Gasteiger partial charge on any atom is -0.389 e. The Labute approximate surface area is 122 Å². The summed E-state index contributed by atoms with van der Waals surface area (Å²) in [5.41, 5.74) is -0.160. The monoisotopic (exact) mass is 284 g/mol. The number of aliphatic hydroxyl groups excluding tert-OH is 1. The van der Waals surface area contributed by atoms with E-state index in [9.17, 15) is 14.7 Å². The molecule has 21 heavy (non-hydrogen) atoms. The molecular formula is C16H16N2O3. The van der Waals surface area contributed by atoms with Crippen LogP contribution in [0.15, 0.2) is 41.3 Å². The number of fused-ring (bicyclic) bond motifs is 1. The predicted octanol–water partition coefficient (Wildman–Crippen LogP) is 0.502. The lowest BCUT2D eigenvalue weighted by molar-refractivity contribution is -0.116. The molecule has 0 saturated carbocycles. The van der Waals surface area contributed by atoms with Gasteiger partial charge in [-0.1, -0.05) is 24.1 Å². The first-order chi connectivity index (χ1) is 10.1. The maximum absolute atomic E-state index is 12.2. The Morgan fingerprint density at radius 3 is 2.90 bits per heavy atom. The molecule has 2 rings (SSSR count). The Hall–Kier alpha value is -2.58. The molecule has 2 N–H and O–H groups in total. The van der Waals surface area contributed by atoms with Gasteiger partial charge in [0.15, 0.2) is 0 Å². The van der Waals surface area contributed by atoms with Gasteiger partial charge in [-0.25, -0.2) is 0 Å². The first kappa shape index (κ1) is 14.8. The summed E-state index contributed by atoms with van der Waals surface area (Å²) in [7, 11) is 0. The molecule has 1 heterocycles. The molecule has 0 aliphatic heterocycles. The van der Waals surface area contributed by atoms with Crippen LogP contribution in [0.5, 0.6) is 0 Å². The fraction of sp³-hybridized carbons (Fsp3) is 0.250. The number of rotatable bonds is 4. The molecule has 0 fully saturated rings. The smallest absolute Gasteiger partial charge is 0.295 e. The van der Waals surface area contributed by atoms with E-state index in [4.69, 9.17) is 0 Å². The second-order valence-electron chi connectivity index (χ2n) is 4.60. The first-order valence-corrected chi connectivity index (χ1v) is 6.58. The number of pyridine rings is 1. The zero-order valence-corrected chi connectivity index (χ0v) is 11.7. The zero-order valence-electron chi connectivity index (χ0n) is 11.7.